The maximum Gasteiger partial charge on any atom is 0.287 e. The summed E-state index contributed by atoms with van der Waals surface area (Å²) in [5, 5.41) is 6.85. The molecule has 0 fully saturated rings. The van der Waals surface area contributed by atoms with Crippen molar-refractivity contribution in [3.05, 3.63) is 77.5 Å². The fraction of sp³-hybridized carbons (Fsp3) is 0.238. The number of hydrazine groups is 1. The number of hydrogen-bond acceptors (Lipinski definition) is 5. The van der Waals surface area contributed by atoms with Crippen LogP contribution in [0.1, 0.15) is 27.5 Å². The molecule has 3 aromatic rings. The van der Waals surface area contributed by atoms with Crippen molar-refractivity contribution < 1.29 is 18.8 Å². The van der Waals surface area contributed by atoms with Crippen LogP contribution in [0.15, 0.2) is 59.2 Å². The van der Waals surface area contributed by atoms with E-state index >= 15 is 0 Å². The van der Waals surface area contributed by atoms with Gasteiger partial charge in [0.05, 0.1) is 12.0 Å². The molecule has 0 aliphatic heterocycles. The summed E-state index contributed by atoms with van der Waals surface area (Å²) in [6, 6.07) is 13.3. The Morgan fingerprint density at radius 2 is 1.83 bits per heavy atom. The van der Waals surface area contributed by atoms with Crippen LogP contribution in [0, 0.1) is 13.8 Å². The van der Waals surface area contributed by atoms with Gasteiger partial charge in [-0.3, -0.25) is 29.9 Å². The Bertz CT molecular complexity index is 1010. The maximum absolute atomic E-state index is 12.7. The SMILES string of the molecule is Cc1cc(C)n(CC(=O)NNC(=O)[C@H](Cc2ccccc2)NC(=O)c2ccco2)n1. The van der Waals surface area contributed by atoms with E-state index in [0.717, 1.165) is 17.0 Å². The molecule has 2 heterocycles. The van der Waals surface area contributed by atoms with Crippen molar-refractivity contribution in [3.63, 3.8) is 0 Å². The standard InChI is InChI=1S/C21H23N5O4/c1-14-11-15(2)26(25-14)13-19(27)23-24-20(28)17(12-16-7-4-3-5-8-16)22-21(29)18-9-6-10-30-18/h3-11,17H,12-13H2,1-2H3,(H,22,29)(H,23,27)(H,24,28)/t17-/m0/s1. The van der Waals surface area contributed by atoms with E-state index in [9.17, 15) is 14.4 Å². The summed E-state index contributed by atoms with van der Waals surface area (Å²) in [5.41, 5.74) is 7.23. The van der Waals surface area contributed by atoms with Crippen LogP contribution in [0.2, 0.25) is 0 Å². The first-order valence-corrected chi connectivity index (χ1v) is 9.40. The van der Waals surface area contributed by atoms with Crippen LogP contribution < -0.4 is 16.2 Å². The van der Waals surface area contributed by atoms with Gasteiger partial charge in [-0.1, -0.05) is 30.3 Å². The Labute approximate surface area is 173 Å². The van der Waals surface area contributed by atoms with Gasteiger partial charge in [-0.15, -0.1) is 0 Å². The number of rotatable bonds is 7. The largest absolute Gasteiger partial charge is 0.459 e. The second-order valence-electron chi connectivity index (χ2n) is 6.82. The van der Waals surface area contributed by atoms with Gasteiger partial charge in [0.1, 0.15) is 12.6 Å². The van der Waals surface area contributed by atoms with Crippen molar-refractivity contribution in [3.8, 4) is 0 Å². The first-order chi connectivity index (χ1) is 14.4. The Morgan fingerprint density at radius 3 is 2.47 bits per heavy atom. The van der Waals surface area contributed by atoms with Crippen LogP contribution in [-0.2, 0) is 22.6 Å². The fourth-order valence-corrected chi connectivity index (χ4v) is 2.93. The summed E-state index contributed by atoms with van der Waals surface area (Å²) < 4.78 is 6.62. The lowest BCUT2D eigenvalue weighted by Gasteiger charge is -2.18. The molecule has 0 aliphatic carbocycles. The van der Waals surface area contributed by atoms with E-state index in [1.54, 1.807) is 6.07 Å². The lowest BCUT2D eigenvalue weighted by molar-refractivity contribution is -0.130. The highest BCUT2D eigenvalue weighted by Crippen LogP contribution is 2.06. The average molecular weight is 409 g/mol. The molecule has 0 spiro atoms. The minimum atomic E-state index is -0.918. The van der Waals surface area contributed by atoms with E-state index in [0.29, 0.717) is 0 Å². The minimum absolute atomic E-state index is 0.0396. The molecule has 0 saturated heterocycles. The highest BCUT2D eigenvalue weighted by atomic mass is 16.3. The quantitative estimate of drug-likeness (QED) is 0.508. The normalized spacial score (nSPS) is 11.5. The molecule has 30 heavy (non-hydrogen) atoms. The summed E-state index contributed by atoms with van der Waals surface area (Å²) in [5.74, 6) is -1.43. The van der Waals surface area contributed by atoms with Gasteiger partial charge in [0.15, 0.2) is 5.76 Å². The topological polar surface area (TPSA) is 118 Å². The van der Waals surface area contributed by atoms with E-state index in [1.165, 1.54) is 17.0 Å². The molecule has 9 nitrogen and oxygen atoms in total. The zero-order valence-electron chi connectivity index (χ0n) is 16.7. The highest BCUT2D eigenvalue weighted by Gasteiger charge is 2.23. The molecule has 3 amide bonds. The molecule has 1 atom stereocenters. The van der Waals surface area contributed by atoms with Crippen LogP contribution in [0.4, 0.5) is 0 Å². The highest BCUT2D eigenvalue weighted by molar-refractivity contribution is 5.96. The van der Waals surface area contributed by atoms with Crippen LogP contribution in [0.3, 0.4) is 0 Å². The van der Waals surface area contributed by atoms with E-state index < -0.39 is 23.8 Å². The number of carbonyl (C=O) groups excluding carboxylic acids is 3. The molecule has 1 aromatic carbocycles. The molecule has 0 bridgehead atoms. The summed E-state index contributed by atoms with van der Waals surface area (Å²) >= 11 is 0. The first kappa shape index (κ1) is 20.8. The third-order valence-electron chi connectivity index (χ3n) is 4.37. The van der Waals surface area contributed by atoms with Crippen LogP contribution in [-0.4, -0.2) is 33.5 Å². The number of nitrogens with one attached hydrogen (secondary N) is 3. The van der Waals surface area contributed by atoms with Crippen molar-refractivity contribution in [2.24, 2.45) is 0 Å². The Balaban J connectivity index is 1.62. The third kappa shape index (κ3) is 5.57. The lowest BCUT2D eigenvalue weighted by atomic mass is 10.1. The van der Waals surface area contributed by atoms with Crippen LogP contribution in [0.25, 0.3) is 0 Å². The van der Waals surface area contributed by atoms with Gasteiger partial charge in [0.25, 0.3) is 17.7 Å². The molecule has 2 aromatic heterocycles. The predicted molar refractivity (Wildman–Crippen MR) is 108 cm³/mol. The van der Waals surface area contributed by atoms with Gasteiger partial charge < -0.3 is 9.73 Å². The number of nitrogens with zero attached hydrogens (tertiary/aromatic N) is 2. The van der Waals surface area contributed by atoms with Crippen LogP contribution >= 0.6 is 0 Å². The Kier molecular flexibility index (Phi) is 6.63. The number of benzene rings is 1. The van der Waals surface area contributed by atoms with Gasteiger partial charge in [-0.05, 0) is 37.6 Å². The van der Waals surface area contributed by atoms with E-state index in [4.69, 9.17) is 4.42 Å². The number of furan rings is 1. The van der Waals surface area contributed by atoms with Crippen molar-refractivity contribution in [2.75, 3.05) is 0 Å². The molecular formula is C21H23N5O4. The predicted octanol–water partition coefficient (Wildman–Crippen LogP) is 1.28. The second-order valence-corrected chi connectivity index (χ2v) is 6.82. The van der Waals surface area contributed by atoms with Gasteiger partial charge in [-0.25, -0.2) is 0 Å². The second kappa shape index (κ2) is 9.55. The van der Waals surface area contributed by atoms with E-state index in [-0.39, 0.29) is 18.7 Å². The number of hydrogen-bond donors (Lipinski definition) is 3. The van der Waals surface area contributed by atoms with Crippen LogP contribution in [0.5, 0.6) is 0 Å². The summed E-state index contributed by atoms with van der Waals surface area (Å²) in [6.07, 6.45) is 1.62. The van der Waals surface area contributed by atoms with Crippen molar-refractivity contribution in [2.45, 2.75) is 32.9 Å². The molecule has 0 unspecified atom stereocenters. The van der Waals surface area contributed by atoms with Gasteiger partial charge in [0, 0.05) is 12.1 Å². The number of carbonyl (C=O) groups is 3. The molecule has 9 heteroatoms. The molecule has 156 valence electrons. The monoisotopic (exact) mass is 409 g/mol. The van der Waals surface area contributed by atoms with Gasteiger partial charge in [0.2, 0.25) is 0 Å². The zero-order valence-corrected chi connectivity index (χ0v) is 16.7. The smallest absolute Gasteiger partial charge is 0.287 e. The summed E-state index contributed by atoms with van der Waals surface area (Å²) in [4.78, 5) is 37.2. The van der Waals surface area contributed by atoms with Gasteiger partial charge in [-0.2, -0.15) is 5.10 Å². The van der Waals surface area contributed by atoms with Gasteiger partial charge >= 0.3 is 0 Å². The van der Waals surface area contributed by atoms with Crippen molar-refractivity contribution in [1.82, 2.24) is 25.9 Å². The molecule has 3 rings (SSSR count). The fourth-order valence-electron chi connectivity index (χ4n) is 2.93. The number of aryl methyl sites for hydroxylation is 2. The Hall–Kier alpha value is -3.88. The third-order valence-corrected chi connectivity index (χ3v) is 4.37. The first-order valence-electron chi connectivity index (χ1n) is 9.40. The van der Waals surface area contributed by atoms with Crippen molar-refractivity contribution >= 4 is 17.7 Å². The molecule has 3 N–H and O–H groups in total. The summed E-state index contributed by atoms with van der Waals surface area (Å²) in [7, 11) is 0. The molecule has 0 saturated carbocycles. The molecular weight excluding hydrogens is 386 g/mol. The average Bonchev–Trinajstić information content (AvgIpc) is 3.36. The number of aromatic nitrogens is 2. The maximum atomic E-state index is 12.7. The zero-order chi connectivity index (χ0) is 21.5. The summed E-state index contributed by atoms with van der Waals surface area (Å²) in [6.45, 7) is 3.63. The molecule has 0 radical (unpaired) electrons. The van der Waals surface area contributed by atoms with Crippen molar-refractivity contribution in [1.29, 1.82) is 0 Å². The van der Waals surface area contributed by atoms with E-state index in [1.807, 2.05) is 50.2 Å². The molecule has 0 aliphatic rings. The number of amides is 3. The van der Waals surface area contributed by atoms with E-state index in [2.05, 4.69) is 21.3 Å². The lowest BCUT2D eigenvalue weighted by Crippen LogP contribution is -2.53. The minimum Gasteiger partial charge on any atom is -0.459 e. The Morgan fingerprint density at radius 1 is 1.07 bits per heavy atom.